The van der Waals surface area contributed by atoms with E-state index in [-0.39, 0.29) is 5.75 Å². The summed E-state index contributed by atoms with van der Waals surface area (Å²) < 4.78 is 4.93. The van der Waals surface area contributed by atoms with Crippen LogP contribution in [0, 0.1) is 0 Å². The van der Waals surface area contributed by atoms with Gasteiger partial charge in [0, 0.05) is 23.8 Å². The van der Waals surface area contributed by atoms with Gasteiger partial charge in [-0.1, -0.05) is 11.6 Å². The molecule has 0 fully saturated rings. The van der Waals surface area contributed by atoms with Crippen molar-refractivity contribution in [2.45, 2.75) is 13.3 Å². The summed E-state index contributed by atoms with van der Waals surface area (Å²) in [5.74, 6) is -0.242. The number of ether oxygens (including phenoxy) is 1. The molecular formula is C15H14ClNO3. The molecule has 1 aromatic heterocycles. The lowest BCUT2D eigenvalue weighted by Gasteiger charge is -2.07. The van der Waals surface area contributed by atoms with Crippen molar-refractivity contribution < 1.29 is 14.6 Å². The maximum Gasteiger partial charge on any atom is 0.339 e. The Balaban J connectivity index is 2.23. The Hall–Kier alpha value is -2.07. The van der Waals surface area contributed by atoms with E-state index < -0.39 is 5.97 Å². The van der Waals surface area contributed by atoms with Crippen LogP contribution in [0.4, 0.5) is 0 Å². The average molecular weight is 292 g/mol. The van der Waals surface area contributed by atoms with Gasteiger partial charge < -0.3 is 9.84 Å². The van der Waals surface area contributed by atoms with Crippen LogP contribution in [0.5, 0.6) is 5.75 Å². The van der Waals surface area contributed by atoms with Crippen LogP contribution in [0.1, 0.15) is 28.4 Å². The van der Waals surface area contributed by atoms with Gasteiger partial charge in [-0.05, 0) is 42.3 Å². The van der Waals surface area contributed by atoms with E-state index in [0.717, 1.165) is 5.56 Å². The van der Waals surface area contributed by atoms with Crippen molar-refractivity contribution in [1.29, 1.82) is 0 Å². The van der Waals surface area contributed by atoms with Gasteiger partial charge in [0.15, 0.2) is 0 Å². The standard InChI is InChI=1S/C15H14ClNO3/c1-2-20-15(19)12-6-10(8-17-9-12)5-11-7-13(16)3-4-14(11)18/h3-4,6-9,18H,2,5H2,1H3. The number of aromatic hydroxyl groups is 1. The number of carbonyl (C=O) groups excluding carboxylic acids is 1. The highest BCUT2D eigenvalue weighted by Gasteiger charge is 2.09. The van der Waals surface area contributed by atoms with Crippen molar-refractivity contribution in [1.82, 2.24) is 4.98 Å². The van der Waals surface area contributed by atoms with Crippen molar-refractivity contribution in [3.05, 3.63) is 58.4 Å². The highest BCUT2D eigenvalue weighted by Crippen LogP contribution is 2.24. The molecule has 0 unspecified atom stereocenters. The lowest BCUT2D eigenvalue weighted by atomic mass is 10.0. The summed E-state index contributed by atoms with van der Waals surface area (Å²) >= 11 is 5.91. The first-order chi connectivity index (χ1) is 9.60. The van der Waals surface area contributed by atoms with Crippen molar-refractivity contribution in [2.75, 3.05) is 6.61 Å². The summed E-state index contributed by atoms with van der Waals surface area (Å²) in [6.45, 7) is 2.07. The second-order valence-electron chi connectivity index (χ2n) is 4.25. The normalized spacial score (nSPS) is 10.3. The molecule has 0 saturated carbocycles. The number of carbonyl (C=O) groups is 1. The second-order valence-corrected chi connectivity index (χ2v) is 4.69. The first-order valence-corrected chi connectivity index (χ1v) is 6.56. The largest absolute Gasteiger partial charge is 0.508 e. The first-order valence-electron chi connectivity index (χ1n) is 6.18. The number of phenols is 1. The molecule has 0 radical (unpaired) electrons. The average Bonchev–Trinajstić information content (AvgIpc) is 2.43. The Morgan fingerprint density at radius 2 is 2.15 bits per heavy atom. The minimum atomic E-state index is -0.405. The molecule has 0 aliphatic rings. The fourth-order valence-corrected chi connectivity index (χ4v) is 2.02. The Labute approximate surface area is 122 Å². The van der Waals surface area contributed by atoms with Crippen LogP contribution in [-0.2, 0) is 11.2 Å². The van der Waals surface area contributed by atoms with E-state index in [2.05, 4.69) is 4.98 Å². The zero-order valence-electron chi connectivity index (χ0n) is 11.0. The predicted molar refractivity (Wildman–Crippen MR) is 76.1 cm³/mol. The molecule has 1 heterocycles. The van der Waals surface area contributed by atoms with Crippen LogP contribution >= 0.6 is 11.6 Å². The topological polar surface area (TPSA) is 59.4 Å². The number of halogens is 1. The highest BCUT2D eigenvalue weighted by atomic mass is 35.5. The lowest BCUT2D eigenvalue weighted by molar-refractivity contribution is 0.0525. The maximum atomic E-state index is 11.6. The molecule has 20 heavy (non-hydrogen) atoms. The van der Waals surface area contributed by atoms with Crippen LogP contribution in [0.15, 0.2) is 36.7 Å². The molecular weight excluding hydrogens is 278 g/mol. The van der Waals surface area contributed by atoms with Gasteiger partial charge in [0.2, 0.25) is 0 Å². The number of nitrogens with zero attached hydrogens (tertiary/aromatic N) is 1. The Kier molecular flexibility index (Phi) is 4.58. The molecule has 5 heteroatoms. The molecule has 0 saturated heterocycles. The molecule has 104 valence electrons. The first kappa shape index (κ1) is 14.3. The van der Waals surface area contributed by atoms with Crippen LogP contribution in [-0.4, -0.2) is 22.7 Å². The van der Waals surface area contributed by atoms with Crippen LogP contribution in [0.3, 0.4) is 0 Å². The molecule has 2 rings (SSSR count). The number of benzene rings is 1. The number of esters is 1. The second kappa shape index (κ2) is 6.39. The number of hydrogen-bond donors (Lipinski definition) is 1. The molecule has 1 N–H and O–H groups in total. The molecule has 0 bridgehead atoms. The molecule has 0 aliphatic carbocycles. The summed E-state index contributed by atoms with van der Waals surface area (Å²) in [7, 11) is 0. The summed E-state index contributed by atoms with van der Waals surface area (Å²) in [5.41, 5.74) is 1.87. The molecule has 1 aromatic carbocycles. The van der Waals surface area contributed by atoms with Crippen molar-refractivity contribution in [3.63, 3.8) is 0 Å². The number of hydrogen-bond acceptors (Lipinski definition) is 4. The predicted octanol–water partition coefficient (Wildman–Crippen LogP) is 3.21. The summed E-state index contributed by atoms with van der Waals surface area (Å²) in [6.07, 6.45) is 3.54. The highest BCUT2D eigenvalue weighted by molar-refractivity contribution is 6.30. The van der Waals surface area contributed by atoms with E-state index >= 15 is 0 Å². The van der Waals surface area contributed by atoms with Gasteiger partial charge in [0.1, 0.15) is 5.75 Å². The van der Waals surface area contributed by atoms with Gasteiger partial charge in [-0.25, -0.2) is 4.79 Å². The number of pyridine rings is 1. The summed E-state index contributed by atoms with van der Waals surface area (Å²) in [5, 5.41) is 10.3. The van der Waals surface area contributed by atoms with Gasteiger partial charge in [-0.15, -0.1) is 0 Å². The molecule has 4 nitrogen and oxygen atoms in total. The third-order valence-electron chi connectivity index (χ3n) is 2.74. The Morgan fingerprint density at radius 3 is 2.90 bits per heavy atom. The zero-order chi connectivity index (χ0) is 14.5. The number of rotatable bonds is 4. The summed E-state index contributed by atoms with van der Waals surface area (Å²) in [6, 6.07) is 6.55. The van der Waals surface area contributed by atoms with Crippen molar-refractivity contribution in [2.24, 2.45) is 0 Å². The van der Waals surface area contributed by atoms with E-state index in [1.165, 1.54) is 6.20 Å². The Bertz CT molecular complexity index is 628. The van der Waals surface area contributed by atoms with E-state index in [4.69, 9.17) is 16.3 Å². The Morgan fingerprint density at radius 1 is 1.35 bits per heavy atom. The quantitative estimate of drug-likeness (QED) is 0.879. The molecule has 0 amide bonds. The van der Waals surface area contributed by atoms with Crippen molar-refractivity contribution in [3.8, 4) is 5.75 Å². The van der Waals surface area contributed by atoms with Gasteiger partial charge in [0.05, 0.1) is 12.2 Å². The van der Waals surface area contributed by atoms with Crippen LogP contribution in [0.2, 0.25) is 5.02 Å². The van der Waals surface area contributed by atoms with E-state index in [9.17, 15) is 9.90 Å². The van der Waals surface area contributed by atoms with Gasteiger partial charge in [0.25, 0.3) is 0 Å². The van der Waals surface area contributed by atoms with Gasteiger partial charge in [-0.2, -0.15) is 0 Å². The van der Waals surface area contributed by atoms with Crippen LogP contribution < -0.4 is 0 Å². The third-order valence-corrected chi connectivity index (χ3v) is 2.98. The lowest BCUT2D eigenvalue weighted by Crippen LogP contribution is -2.06. The van der Waals surface area contributed by atoms with Gasteiger partial charge >= 0.3 is 5.97 Å². The van der Waals surface area contributed by atoms with E-state index in [0.29, 0.717) is 29.2 Å². The smallest absolute Gasteiger partial charge is 0.339 e. The van der Waals surface area contributed by atoms with Gasteiger partial charge in [-0.3, -0.25) is 4.98 Å². The fraction of sp³-hybridized carbons (Fsp3) is 0.200. The SMILES string of the molecule is CCOC(=O)c1cncc(Cc2cc(Cl)ccc2O)c1. The minimum Gasteiger partial charge on any atom is -0.508 e. The fourth-order valence-electron chi connectivity index (χ4n) is 1.83. The van der Waals surface area contributed by atoms with E-state index in [1.54, 1.807) is 37.4 Å². The molecule has 0 aliphatic heterocycles. The molecule has 0 atom stereocenters. The van der Waals surface area contributed by atoms with Crippen LogP contribution in [0.25, 0.3) is 0 Å². The zero-order valence-corrected chi connectivity index (χ0v) is 11.7. The number of phenolic OH excluding ortho intramolecular Hbond substituents is 1. The molecule has 0 spiro atoms. The summed E-state index contributed by atoms with van der Waals surface area (Å²) in [4.78, 5) is 15.7. The minimum absolute atomic E-state index is 0.163. The maximum absolute atomic E-state index is 11.6. The van der Waals surface area contributed by atoms with E-state index in [1.807, 2.05) is 0 Å². The number of aromatic nitrogens is 1. The van der Waals surface area contributed by atoms with Crippen molar-refractivity contribution >= 4 is 17.6 Å². The third kappa shape index (κ3) is 3.48. The monoisotopic (exact) mass is 291 g/mol. The molecule has 2 aromatic rings.